The molecular weight excluding hydrogens is 328 g/mol. The Bertz CT molecular complexity index is 622. The molecule has 0 aromatic heterocycles. The maximum absolute atomic E-state index is 11.6. The first-order valence-electron chi connectivity index (χ1n) is 9.50. The van der Waals surface area contributed by atoms with Gasteiger partial charge in [-0.25, -0.2) is 0 Å². The fraction of sp³-hybridized carbons (Fsp3) is 0.591. The molecule has 2 aliphatic rings. The highest BCUT2D eigenvalue weighted by molar-refractivity contribution is 5.66. The second-order valence-corrected chi connectivity index (χ2v) is 7.52. The molecule has 4 heteroatoms. The molecule has 0 bridgehead atoms. The van der Waals surface area contributed by atoms with Crippen molar-refractivity contribution in [2.45, 2.75) is 72.2 Å². The zero-order valence-corrected chi connectivity index (χ0v) is 16.5. The summed E-state index contributed by atoms with van der Waals surface area (Å²) in [5.74, 6) is 0.242. The lowest BCUT2D eigenvalue weighted by Gasteiger charge is -2.41. The van der Waals surface area contributed by atoms with Crippen molar-refractivity contribution in [3.8, 4) is 0 Å². The highest BCUT2D eigenvalue weighted by Crippen LogP contribution is 2.44. The van der Waals surface area contributed by atoms with Crippen LogP contribution in [0.15, 0.2) is 47.3 Å². The van der Waals surface area contributed by atoms with Crippen molar-refractivity contribution in [1.82, 2.24) is 0 Å². The van der Waals surface area contributed by atoms with E-state index in [1.807, 2.05) is 26.8 Å². The fourth-order valence-electron chi connectivity index (χ4n) is 3.94. The minimum atomic E-state index is -0.664. The molecule has 4 nitrogen and oxygen atoms in total. The van der Waals surface area contributed by atoms with Crippen molar-refractivity contribution in [3.05, 3.63) is 47.3 Å². The van der Waals surface area contributed by atoms with Crippen LogP contribution >= 0.6 is 0 Å². The van der Waals surface area contributed by atoms with E-state index >= 15 is 0 Å². The van der Waals surface area contributed by atoms with Crippen molar-refractivity contribution < 1.29 is 19.4 Å². The first kappa shape index (κ1) is 20.5. The number of esters is 1. The van der Waals surface area contributed by atoms with E-state index in [-0.39, 0.29) is 17.8 Å². The Labute approximate surface area is 157 Å². The number of carbonyl (C=O) groups excluding carboxylic acids is 1. The van der Waals surface area contributed by atoms with E-state index in [1.54, 1.807) is 0 Å². The molecule has 0 spiro atoms. The van der Waals surface area contributed by atoms with Gasteiger partial charge in [0.25, 0.3) is 6.29 Å². The third-order valence-electron chi connectivity index (χ3n) is 5.13. The molecule has 4 unspecified atom stereocenters. The normalized spacial score (nSPS) is 27.4. The van der Waals surface area contributed by atoms with Crippen LogP contribution in [0.3, 0.4) is 0 Å². The Balaban J connectivity index is 2.41. The van der Waals surface area contributed by atoms with Gasteiger partial charge in [-0.2, -0.15) is 0 Å². The monoisotopic (exact) mass is 360 g/mol. The molecule has 0 aromatic rings. The first-order valence-corrected chi connectivity index (χ1v) is 9.50. The number of hydrogen-bond acceptors (Lipinski definition) is 4. The molecule has 0 fully saturated rings. The smallest absolute Gasteiger partial charge is 0.305 e. The van der Waals surface area contributed by atoms with E-state index in [4.69, 9.17) is 9.47 Å². The summed E-state index contributed by atoms with van der Waals surface area (Å²) < 4.78 is 11.5. The molecule has 0 amide bonds. The molecule has 1 aliphatic carbocycles. The number of hydrogen-bond donors (Lipinski definition) is 1. The number of ether oxygens (including phenoxy) is 2. The van der Waals surface area contributed by atoms with Gasteiger partial charge in [-0.3, -0.25) is 4.79 Å². The highest BCUT2D eigenvalue weighted by atomic mass is 16.7. The zero-order valence-electron chi connectivity index (χ0n) is 16.5. The number of rotatable bonds is 4. The van der Waals surface area contributed by atoms with Crippen LogP contribution < -0.4 is 0 Å². The van der Waals surface area contributed by atoms with Crippen molar-refractivity contribution in [3.63, 3.8) is 0 Å². The predicted octanol–water partition coefficient (Wildman–Crippen LogP) is 4.82. The lowest BCUT2D eigenvalue weighted by Crippen LogP contribution is -2.42. The topological polar surface area (TPSA) is 55.8 Å². The molecule has 1 N–H and O–H groups in total. The lowest BCUT2D eigenvalue weighted by atomic mass is 9.73. The lowest BCUT2D eigenvalue weighted by molar-refractivity contribution is -0.185. The first-order chi connectivity index (χ1) is 12.3. The van der Waals surface area contributed by atoms with Crippen molar-refractivity contribution >= 4 is 5.97 Å². The van der Waals surface area contributed by atoms with Crippen LogP contribution in [-0.4, -0.2) is 23.5 Å². The summed E-state index contributed by atoms with van der Waals surface area (Å²) in [5.41, 5.74) is 3.12. The molecule has 1 aliphatic heterocycles. The summed E-state index contributed by atoms with van der Waals surface area (Å²) in [6.45, 7) is 11.6. The molecule has 2 rings (SSSR count). The maximum atomic E-state index is 11.6. The molecule has 0 radical (unpaired) electrons. The summed E-state index contributed by atoms with van der Waals surface area (Å²) in [6.07, 6.45) is 9.26. The SMILES string of the molecule is C=C1CCC=CCCC2C(C(O)CC=C(C)C)=C(C)OC(OC(C)=O)C12. The molecule has 0 saturated heterocycles. The zero-order chi connectivity index (χ0) is 19.3. The number of aliphatic hydroxyl groups is 1. The minimum Gasteiger partial charge on any atom is -0.459 e. The summed E-state index contributed by atoms with van der Waals surface area (Å²) >= 11 is 0. The Kier molecular flexibility index (Phi) is 7.27. The highest BCUT2D eigenvalue weighted by Gasteiger charge is 2.43. The second kappa shape index (κ2) is 9.22. The number of fused-ring (bicyclic) bond motifs is 1. The van der Waals surface area contributed by atoms with Gasteiger partial charge >= 0.3 is 5.97 Å². The van der Waals surface area contributed by atoms with Gasteiger partial charge in [0.15, 0.2) is 0 Å². The van der Waals surface area contributed by atoms with E-state index in [1.165, 1.54) is 12.5 Å². The fourth-order valence-corrected chi connectivity index (χ4v) is 3.94. The number of allylic oxidation sites excluding steroid dienone is 4. The maximum Gasteiger partial charge on any atom is 0.305 e. The van der Waals surface area contributed by atoms with Crippen LogP contribution in [-0.2, 0) is 14.3 Å². The molecule has 1 heterocycles. The van der Waals surface area contributed by atoms with Gasteiger partial charge in [0.2, 0.25) is 0 Å². The van der Waals surface area contributed by atoms with E-state index < -0.39 is 12.4 Å². The van der Waals surface area contributed by atoms with Gasteiger partial charge < -0.3 is 14.6 Å². The third kappa shape index (κ3) is 5.10. The average Bonchev–Trinajstić information content (AvgIpc) is 2.63. The molecule has 0 saturated carbocycles. The van der Waals surface area contributed by atoms with Crippen molar-refractivity contribution in [2.75, 3.05) is 0 Å². The minimum absolute atomic E-state index is 0.0592. The Morgan fingerprint density at radius 3 is 2.73 bits per heavy atom. The van der Waals surface area contributed by atoms with Crippen molar-refractivity contribution in [2.24, 2.45) is 11.8 Å². The third-order valence-corrected chi connectivity index (χ3v) is 5.13. The van der Waals surface area contributed by atoms with Crippen LogP contribution in [0.2, 0.25) is 0 Å². The van der Waals surface area contributed by atoms with Gasteiger partial charge in [0, 0.05) is 12.5 Å². The quantitative estimate of drug-likeness (QED) is 0.577. The Hall–Kier alpha value is -1.81. The summed E-state index contributed by atoms with van der Waals surface area (Å²) in [4.78, 5) is 11.6. The van der Waals surface area contributed by atoms with Gasteiger partial charge in [-0.15, -0.1) is 0 Å². The van der Waals surface area contributed by atoms with Crippen LogP contribution in [0.1, 0.15) is 59.8 Å². The molecule has 26 heavy (non-hydrogen) atoms. The van der Waals surface area contributed by atoms with Gasteiger partial charge in [0.1, 0.15) is 0 Å². The summed E-state index contributed by atoms with van der Waals surface area (Å²) in [7, 11) is 0. The van der Waals surface area contributed by atoms with Gasteiger partial charge in [-0.1, -0.05) is 36.0 Å². The van der Waals surface area contributed by atoms with Gasteiger partial charge in [-0.05, 0) is 58.8 Å². The van der Waals surface area contributed by atoms with E-state index in [9.17, 15) is 9.90 Å². The van der Waals surface area contributed by atoms with E-state index in [2.05, 4.69) is 18.7 Å². The number of carbonyl (C=O) groups is 1. The standard InChI is InChI=1S/C22H32O4/c1-14(2)12-13-19(24)21-16(4)25-22(26-17(5)23)20-15(3)10-8-6-7-9-11-18(20)21/h6-7,12,18-20,22,24H,3,8-11,13H2,1-2,4-5H3. The second-order valence-electron chi connectivity index (χ2n) is 7.52. The van der Waals surface area contributed by atoms with Gasteiger partial charge in [0.05, 0.1) is 17.8 Å². The molecular formula is C22H32O4. The number of aliphatic hydroxyl groups excluding tert-OH is 1. The predicted molar refractivity (Wildman–Crippen MR) is 103 cm³/mol. The molecule has 0 aromatic carbocycles. The Morgan fingerprint density at radius 2 is 2.08 bits per heavy atom. The van der Waals surface area contributed by atoms with Crippen LogP contribution in [0.4, 0.5) is 0 Å². The van der Waals surface area contributed by atoms with Crippen LogP contribution in [0.25, 0.3) is 0 Å². The van der Waals surface area contributed by atoms with Crippen molar-refractivity contribution in [1.29, 1.82) is 0 Å². The average molecular weight is 360 g/mol. The summed E-state index contributed by atoms with van der Waals surface area (Å²) in [6, 6.07) is 0. The Morgan fingerprint density at radius 1 is 1.38 bits per heavy atom. The molecule has 4 atom stereocenters. The van der Waals surface area contributed by atoms with E-state index in [0.717, 1.165) is 36.8 Å². The largest absolute Gasteiger partial charge is 0.459 e. The summed E-state index contributed by atoms with van der Waals surface area (Å²) in [5, 5.41) is 10.9. The van der Waals surface area contributed by atoms with Crippen LogP contribution in [0.5, 0.6) is 0 Å². The molecule has 144 valence electrons. The van der Waals surface area contributed by atoms with Crippen LogP contribution in [0, 0.1) is 11.8 Å². The van der Waals surface area contributed by atoms with E-state index in [0.29, 0.717) is 12.2 Å².